The number of hydrogen-bond donors (Lipinski definition) is 1. The fourth-order valence-corrected chi connectivity index (χ4v) is 1.03. The van der Waals surface area contributed by atoms with Gasteiger partial charge < -0.3 is 4.74 Å². The number of esters is 1. The maximum Gasteiger partial charge on any atom is 0.333 e. The minimum Gasteiger partial charge on any atom is -0.467 e. The molecule has 0 aliphatic carbocycles. The molecule has 4 nitrogen and oxygen atoms in total. The summed E-state index contributed by atoms with van der Waals surface area (Å²) in [6, 6.07) is 0. The Hall–Kier alpha value is -1.50. The Morgan fingerprint density at radius 1 is 1.92 bits per heavy atom. The lowest BCUT2D eigenvalue weighted by molar-refractivity contribution is -0.147. The normalized spacial score (nSPS) is 26.9. The number of rotatable bonds is 1. The largest absolute Gasteiger partial charge is 0.467 e. The van der Waals surface area contributed by atoms with Crippen molar-refractivity contribution in [3.63, 3.8) is 0 Å². The quantitative estimate of drug-likeness (QED) is 0.437. The van der Waals surface area contributed by atoms with Gasteiger partial charge in [0.15, 0.2) is 5.54 Å². The van der Waals surface area contributed by atoms with Gasteiger partial charge >= 0.3 is 5.97 Å². The fraction of sp³-hybridized carbons (Fsp3) is 0.500. The van der Waals surface area contributed by atoms with Gasteiger partial charge in [-0.1, -0.05) is 5.92 Å². The van der Waals surface area contributed by atoms with Crippen molar-refractivity contribution in [2.45, 2.75) is 18.9 Å². The van der Waals surface area contributed by atoms with Crippen LogP contribution < -0.4 is 5.43 Å². The van der Waals surface area contributed by atoms with E-state index < -0.39 is 5.54 Å². The van der Waals surface area contributed by atoms with E-state index in [1.54, 1.807) is 6.92 Å². The molecule has 1 heterocycles. The zero-order valence-electron chi connectivity index (χ0n) is 7.05. The number of ether oxygens (including phenoxy) is 1. The Bertz CT molecular complexity index is 277. The summed E-state index contributed by atoms with van der Waals surface area (Å²) in [6.07, 6.45) is 5.54. The van der Waals surface area contributed by atoms with Crippen LogP contribution in [0.15, 0.2) is 5.10 Å². The first-order valence-electron chi connectivity index (χ1n) is 3.51. The first-order chi connectivity index (χ1) is 5.62. The molecular formula is C8H10N2O2. The predicted molar refractivity (Wildman–Crippen MR) is 44.4 cm³/mol. The van der Waals surface area contributed by atoms with Crippen molar-refractivity contribution in [1.82, 2.24) is 5.43 Å². The van der Waals surface area contributed by atoms with E-state index in [0.29, 0.717) is 12.1 Å². The van der Waals surface area contributed by atoms with Gasteiger partial charge in [0.1, 0.15) is 5.71 Å². The van der Waals surface area contributed by atoms with Crippen LogP contribution in [0.3, 0.4) is 0 Å². The average molecular weight is 166 g/mol. The molecule has 1 aliphatic rings. The van der Waals surface area contributed by atoms with Crippen LogP contribution in [0, 0.1) is 12.3 Å². The summed E-state index contributed by atoms with van der Waals surface area (Å²) in [5, 5.41) is 3.81. The Balaban J connectivity index is 2.71. The lowest BCUT2D eigenvalue weighted by Gasteiger charge is -2.19. The summed E-state index contributed by atoms with van der Waals surface area (Å²) < 4.78 is 4.59. The second kappa shape index (κ2) is 2.86. The third kappa shape index (κ3) is 1.26. The molecule has 12 heavy (non-hydrogen) atoms. The minimum absolute atomic E-state index is 0.350. The summed E-state index contributed by atoms with van der Waals surface area (Å²) in [5.74, 6) is 2.03. The van der Waals surface area contributed by atoms with Crippen molar-refractivity contribution in [1.29, 1.82) is 0 Å². The van der Waals surface area contributed by atoms with Gasteiger partial charge in [0, 0.05) is 6.42 Å². The first-order valence-corrected chi connectivity index (χ1v) is 3.51. The Morgan fingerprint density at radius 3 is 3.00 bits per heavy atom. The molecule has 0 spiro atoms. The standard InChI is InChI=1S/C8H10N2O2/c1-4-6-5-8(2,10-9-6)7(11)12-3/h1,10H,5H2,2-3H3. The number of hydrazone groups is 1. The van der Waals surface area contributed by atoms with Crippen LogP contribution >= 0.6 is 0 Å². The van der Waals surface area contributed by atoms with Gasteiger partial charge in [-0.05, 0) is 6.92 Å². The second-order valence-corrected chi connectivity index (χ2v) is 2.82. The Labute approximate surface area is 71.0 Å². The van der Waals surface area contributed by atoms with Crippen LogP contribution in [0.4, 0.5) is 0 Å². The third-order valence-corrected chi connectivity index (χ3v) is 1.76. The Kier molecular flexibility index (Phi) is 2.05. The van der Waals surface area contributed by atoms with Crippen LogP contribution in [0.1, 0.15) is 13.3 Å². The summed E-state index contributed by atoms with van der Waals surface area (Å²) in [5.41, 5.74) is 2.42. The molecule has 0 saturated heterocycles. The highest BCUT2D eigenvalue weighted by molar-refractivity contribution is 6.05. The minimum atomic E-state index is -0.781. The average Bonchev–Trinajstić information content (AvgIpc) is 2.47. The number of hydrogen-bond acceptors (Lipinski definition) is 4. The van der Waals surface area contributed by atoms with E-state index >= 15 is 0 Å². The molecule has 0 saturated carbocycles. The zero-order valence-corrected chi connectivity index (χ0v) is 7.05. The zero-order chi connectivity index (χ0) is 9.19. The molecule has 1 aliphatic heterocycles. The van der Waals surface area contributed by atoms with E-state index in [4.69, 9.17) is 6.42 Å². The molecule has 0 amide bonds. The maximum atomic E-state index is 11.2. The molecule has 1 N–H and O–H groups in total. The molecule has 4 heteroatoms. The molecule has 0 bridgehead atoms. The molecule has 0 radical (unpaired) electrons. The number of carbonyl (C=O) groups is 1. The van der Waals surface area contributed by atoms with Crippen molar-refractivity contribution in [3.8, 4) is 12.3 Å². The summed E-state index contributed by atoms with van der Waals surface area (Å²) in [6.45, 7) is 1.70. The number of nitrogens with one attached hydrogen (secondary N) is 1. The highest BCUT2D eigenvalue weighted by Gasteiger charge is 2.39. The lowest BCUT2D eigenvalue weighted by atomic mass is 9.98. The van der Waals surface area contributed by atoms with Gasteiger partial charge in [0.2, 0.25) is 0 Å². The van der Waals surface area contributed by atoms with Crippen LogP contribution in [-0.2, 0) is 9.53 Å². The van der Waals surface area contributed by atoms with Crippen molar-refractivity contribution >= 4 is 11.7 Å². The molecular weight excluding hydrogens is 156 g/mol. The van der Waals surface area contributed by atoms with Gasteiger partial charge in [0.05, 0.1) is 7.11 Å². The molecule has 0 aromatic rings. The van der Waals surface area contributed by atoms with Gasteiger partial charge in [0.25, 0.3) is 0 Å². The Morgan fingerprint density at radius 2 is 2.58 bits per heavy atom. The van der Waals surface area contributed by atoms with Crippen LogP contribution in [0.5, 0.6) is 0 Å². The summed E-state index contributed by atoms with van der Waals surface area (Å²) >= 11 is 0. The number of nitrogens with zero attached hydrogens (tertiary/aromatic N) is 1. The van der Waals surface area contributed by atoms with E-state index in [1.165, 1.54) is 7.11 Å². The molecule has 0 fully saturated rings. The van der Waals surface area contributed by atoms with E-state index in [-0.39, 0.29) is 5.97 Å². The number of carbonyl (C=O) groups excluding carboxylic acids is 1. The van der Waals surface area contributed by atoms with Crippen LogP contribution in [0.2, 0.25) is 0 Å². The molecule has 1 unspecified atom stereocenters. The molecule has 64 valence electrons. The van der Waals surface area contributed by atoms with Gasteiger partial charge in [-0.15, -0.1) is 6.42 Å². The highest BCUT2D eigenvalue weighted by Crippen LogP contribution is 2.17. The molecule has 0 aromatic carbocycles. The van der Waals surface area contributed by atoms with E-state index in [0.717, 1.165) is 0 Å². The van der Waals surface area contributed by atoms with Gasteiger partial charge in [-0.25, -0.2) is 4.79 Å². The topological polar surface area (TPSA) is 50.7 Å². The summed E-state index contributed by atoms with van der Waals surface area (Å²) in [4.78, 5) is 11.2. The third-order valence-electron chi connectivity index (χ3n) is 1.76. The maximum absolute atomic E-state index is 11.2. The highest BCUT2D eigenvalue weighted by atomic mass is 16.5. The monoisotopic (exact) mass is 166 g/mol. The second-order valence-electron chi connectivity index (χ2n) is 2.82. The van der Waals surface area contributed by atoms with Gasteiger partial charge in [-0.3, -0.25) is 5.43 Å². The molecule has 1 atom stereocenters. The first kappa shape index (κ1) is 8.60. The van der Waals surface area contributed by atoms with E-state index in [1.807, 2.05) is 0 Å². The lowest BCUT2D eigenvalue weighted by Crippen LogP contribution is -2.44. The van der Waals surface area contributed by atoms with Crippen LogP contribution in [-0.4, -0.2) is 24.3 Å². The van der Waals surface area contributed by atoms with Crippen molar-refractivity contribution in [3.05, 3.63) is 0 Å². The van der Waals surface area contributed by atoms with E-state index in [9.17, 15) is 4.79 Å². The van der Waals surface area contributed by atoms with Crippen LogP contribution in [0.25, 0.3) is 0 Å². The van der Waals surface area contributed by atoms with Crippen molar-refractivity contribution < 1.29 is 9.53 Å². The van der Waals surface area contributed by atoms with Crippen molar-refractivity contribution in [2.24, 2.45) is 5.10 Å². The molecule has 1 rings (SSSR count). The predicted octanol–water partition coefficient (Wildman–Crippen LogP) is -0.0994. The summed E-state index contributed by atoms with van der Waals surface area (Å²) in [7, 11) is 1.34. The smallest absolute Gasteiger partial charge is 0.333 e. The SMILES string of the molecule is C#CC1=NNC(C)(C(=O)OC)C1. The van der Waals surface area contributed by atoms with Crippen molar-refractivity contribution in [2.75, 3.05) is 7.11 Å². The fourth-order valence-electron chi connectivity index (χ4n) is 1.03. The number of methoxy groups -OCH3 is 1. The number of terminal acetylenes is 1. The molecule has 0 aromatic heterocycles. The van der Waals surface area contributed by atoms with E-state index in [2.05, 4.69) is 21.2 Å². The van der Waals surface area contributed by atoms with Gasteiger partial charge in [-0.2, -0.15) is 5.10 Å².